The van der Waals surface area contributed by atoms with Crippen molar-refractivity contribution in [3.63, 3.8) is 0 Å². The first-order valence-corrected chi connectivity index (χ1v) is 8.39. The van der Waals surface area contributed by atoms with E-state index in [9.17, 15) is 0 Å². The first-order valence-electron chi connectivity index (χ1n) is 5.68. The Balaban J connectivity index is 2.18. The van der Waals surface area contributed by atoms with E-state index in [4.69, 9.17) is 23.2 Å². The normalized spacial score (nSPS) is 10.8. The zero-order valence-electron chi connectivity index (χ0n) is 9.98. The Bertz CT molecular complexity index is 759. The predicted molar refractivity (Wildman–Crippen MR) is 93.5 cm³/mol. The van der Waals surface area contributed by atoms with Gasteiger partial charge in [-0.05, 0) is 28.7 Å². The zero-order chi connectivity index (χ0) is 14.1. The van der Waals surface area contributed by atoms with Gasteiger partial charge in [-0.1, -0.05) is 53.5 Å². The van der Waals surface area contributed by atoms with Crippen LogP contribution in [-0.2, 0) is 0 Å². The van der Waals surface area contributed by atoms with Crippen LogP contribution in [0.5, 0.6) is 0 Å². The van der Waals surface area contributed by atoms with Crippen LogP contribution >= 0.6 is 57.1 Å². The van der Waals surface area contributed by atoms with Crippen LogP contribution in [0, 0.1) is 3.57 Å². The van der Waals surface area contributed by atoms with Crippen molar-refractivity contribution in [2.24, 2.45) is 0 Å². The van der Waals surface area contributed by atoms with Crippen LogP contribution < -0.4 is 0 Å². The Kier molecular flexibility index (Phi) is 4.26. The molecule has 0 aliphatic heterocycles. The third-order valence-electron chi connectivity index (χ3n) is 2.65. The van der Waals surface area contributed by atoms with Crippen molar-refractivity contribution in [2.45, 2.75) is 0 Å². The van der Waals surface area contributed by atoms with Crippen LogP contribution in [0.25, 0.3) is 22.0 Å². The van der Waals surface area contributed by atoms with Crippen molar-refractivity contribution < 1.29 is 0 Å². The van der Waals surface area contributed by atoms with Crippen molar-refractivity contribution in [3.05, 3.63) is 55.5 Å². The van der Waals surface area contributed by atoms with Gasteiger partial charge in [0, 0.05) is 10.9 Å². The number of hydrogen-bond acceptors (Lipinski definition) is 3. The molecule has 0 saturated carbocycles. The molecule has 0 spiro atoms. The molecule has 1 aromatic carbocycles. The predicted octanol–water partition coefficient (Wildman–Crippen LogP) is 5.78. The number of rotatable bonds is 2. The molecule has 0 unspecified atom stereocenters. The molecule has 0 radical (unpaired) electrons. The number of aromatic nitrogens is 2. The SMILES string of the molecule is Clc1csc(-c2nc(Cl)c(I)c(-c3ccccc3)n2)c1. The van der Waals surface area contributed by atoms with Crippen LogP contribution in [0.1, 0.15) is 0 Å². The molecule has 0 atom stereocenters. The van der Waals surface area contributed by atoms with E-state index >= 15 is 0 Å². The van der Waals surface area contributed by atoms with Crippen molar-refractivity contribution >= 4 is 57.1 Å². The number of halogens is 3. The first kappa shape index (κ1) is 14.3. The second kappa shape index (κ2) is 5.97. The summed E-state index contributed by atoms with van der Waals surface area (Å²) in [6, 6.07) is 11.8. The van der Waals surface area contributed by atoms with Gasteiger partial charge in [-0.15, -0.1) is 11.3 Å². The van der Waals surface area contributed by atoms with Crippen LogP contribution in [-0.4, -0.2) is 9.97 Å². The lowest BCUT2D eigenvalue weighted by atomic mass is 10.1. The molecule has 0 fully saturated rings. The van der Waals surface area contributed by atoms with Crippen molar-refractivity contribution in [1.29, 1.82) is 0 Å². The Morgan fingerprint density at radius 3 is 2.45 bits per heavy atom. The molecule has 0 saturated heterocycles. The molecule has 0 aliphatic carbocycles. The monoisotopic (exact) mass is 432 g/mol. The van der Waals surface area contributed by atoms with Gasteiger partial charge in [-0.25, -0.2) is 9.97 Å². The van der Waals surface area contributed by atoms with Crippen LogP contribution in [0.15, 0.2) is 41.8 Å². The summed E-state index contributed by atoms with van der Waals surface area (Å²) in [5.74, 6) is 0.603. The minimum absolute atomic E-state index is 0.457. The van der Waals surface area contributed by atoms with Crippen molar-refractivity contribution in [1.82, 2.24) is 9.97 Å². The van der Waals surface area contributed by atoms with E-state index < -0.39 is 0 Å². The van der Waals surface area contributed by atoms with Gasteiger partial charge >= 0.3 is 0 Å². The second-order valence-corrected chi connectivity index (χ2v) is 6.78. The maximum Gasteiger partial charge on any atom is 0.171 e. The van der Waals surface area contributed by atoms with E-state index in [1.165, 1.54) is 11.3 Å². The van der Waals surface area contributed by atoms with Crippen LogP contribution in [0.4, 0.5) is 0 Å². The van der Waals surface area contributed by atoms with E-state index in [0.717, 1.165) is 19.7 Å². The Morgan fingerprint density at radius 2 is 1.80 bits per heavy atom. The smallest absolute Gasteiger partial charge is 0.171 e. The van der Waals surface area contributed by atoms with Crippen LogP contribution in [0.2, 0.25) is 10.2 Å². The summed E-state index contributed by atoms with van der Waals surface area (Å²) >= 11 is 15.9. The summed E-state index contributed by atoms with van der Waals surface area (Å²) in [4.78, 5) is 9.88. The highest BCUT2D eigenvalue weighted by Crippen LogP contribution is 2.33. The minimum atomic E-state index is 0.457. The molecule has 3 aromatic rings. The zero-order valence-corrected chi connectivity index (χ0v) is 14.5. The fraction of sp³-hybridized carbons (Fsp3) is 0. The lowest BCUT2D eigenvalue weighted by molar-refractivity contribution is 1.17. The minimum Gasteiger partial charge on any atom is -0.226 e. The molecule has 6 heteroatoms. The molecule has 0 bridgehead atoms. The van der Waals surface area contributed by atoms with E-state index in [1.807, 2.05) is 41.8 Å². The number of thiophene rings is 1. The van der Waals surface area contributed by atoms with Gasteiger partial charge in [0.1, 0.15) is 5.15 Å². The van der Waals surface area contributed by atoms with Gasteiger partial charge < -0.3 is 0 Å². The molecule has 20 heavy (non-hydrogen) atoms. The molecule has 0 N–H and O–H groups in total. The molecule has 100 valence electrons. The fourth-order valence-electron chi connectivity index (χ4n) is 1.75. The summed E-state index contributed by atoms with van der Waals surface area (Å²) < 4.78 is 0.849. The van der Waals surface area contributed by atoms with E-state index in [2.05, 4.69) is 32.6 Å². The summed E-state index contributed by atoms with van der Waals surface area (Å²) in [5, 5.41) is 3.00. The third kappa shape index (κ3) is 2.83. The summed E-state index contributed by atoms with van der Waals surface area (Å²) in [7, 11) is 0. The average Bonchev–Trinajstić information content (AvgIpc) is 2.89. The van der Waals surface area contributed by atoms with Gasteiger partial charge in [0.15, 0.2) is 5.82 Å². The molecule has 3 rings (SSSR count). The quantitative estimate of drug-likeness (QED) is 0.378. The topological polar surface area (TPSA) is 25.8 Å². The molecule has 2 aromatic heterocycles. The number of benzene rings is 1. The summed E-state index contributed by atoms with van der Waals surface area (Å²) in [5.41, 5.74) is 1.86. The Hall–Kier alpha value is -0.690. The highest BCUT2D eigenvalue weighted by Gasteiger charge is 2.14. The Labute approximate surface area is 143 Å². The van der Waals surface area contributed by atoms with Gasteiger partial charge in [0.05, 0.1) is 19.2 Å². The number of hydrogen-bond donors (Lipinski definition) is 0. The van der Waals surface area contributed by atoms with E-state index in [1.54, 1.807) is 0 Å². The van der Waals surface area contributed by atoms with Crippen molar-refractivity contribution in [3.8, 4) is 22.0 Å². The third-order valence-corrected chi connectivity index (χ3v) is 5.53. The summed E-state index contributed by atoms with van der Waals surface area (Å²) in [6.07, 6.45) is 0. The van der Waals surface area contributed by atoms with E-state index in [-0.39, 0.29) is 0 Å². The largest absolute Gasteiger partial charge is 0.226 e. The molecular formula is C14H7Cl2IN2S. The van der Waals surface area contributed by atoms with E-state index in [0.29, 0.717) is 16.0 Å². The standard InChI is InChI=1S/C14H7Cl2IN2S/c15-9-6-10(20-7-9)14-18-12(11(17)13(16)19-14)8-4-2-1-3-5-8/h1-7H. The molecular weight excluding hydrogens is 426 g/mol. The average molecular weight is 433 g/mol. The van der Waals surface area contributed by atoms with Gasteiger partial charge in [-0.3, -0.25) is 0 Å². The fourth-order valence-corrected chi connectivity index (χ4v) is 3.48. The summed E-state index contributed by atoms with van der Waals surface area (Å²) in [6.45, 7) is 0. The molecule has 2 nitrogen and oxygen atoms in total. The Morgan fingerprint density at radius 1 is 1.05 bits per heavy atom. The van der Waals surface area contributed by atoms with Crippen molar-refractivity contribution in [2.75, 3.05) is 0 Å². The second-order valence-electron chi connectivity index (χ2n) is 4.00. The highest BCUT2D eigenvalue weighted by atomic mass is 127. The van der Waals surface area contributed by atoms with Gasteiger partial charge in [0.25, 0.3) is 0 Å². The first-order chi connectivity index (χ1) is 9.65. The maximum atomic E-state index is 6.24. The lowest BCUT2D eigenvalue weighted by Gasteiger charge is -2.07. The van der Waals surface area contributed by atoms with Gasteiger partial charge in [-0.2, -0.15) is 0 Å². The highest BCUT2D eigenvalue weighted by molar-refractivity contribution is 14.1. The van der Waals surface area contributed by atoms with Gasteiger partial charge in [0.2, 0.25) is 0 Å². The molecule has 2 heterocycles. The number of nitrogens with zero attached hydrogens (tertiary/aromatic N) is 2. The van der Waals surface area contributed by atoms with Crippen LogP contribution in [0.3, 0.4) is 0 Å². The molecule has 0 aliphatic rings. The molecule has 0 amide bonds. The maximum absolute atomic E-state index is 6.24. The lowest BCUT2D eigenvalue weighted by Crippen LogP contribution is -1.96.